The van der Waals surface area contributed by atoms with Gasteiger partial charge in [0.05, 0.1) is 6.07 Å². The second-order valence-electron chi connectivity index (χ2n) is 5.86. The molecule has 0 radical (unpaired) electrons. The molecule has 0 spiro atoms. The minimum absolute atomic E-state index is 0.363. The van der Waals surface area contributed by atoms with Gasteiger partial charge in [0.1, 0.15) is 5.54 Å². The Morgan fingerprint density at radius 2 is 2.24 bits per heavy atom. The Morgan fingerprint density at radius 1 is 1.53 bits per heavy atom. The van der Waals surface area contributed by atoms with Crippen molar-refractivity contribution in [2.45, 2.75) is 58.5 Å². The molecule has 98 valence electrons. The van der Waals surface area contributed by atoms with Gasteiger partial charge >= 0.3 is 0 Å². The number of hydrogen-bond acceptors (Lipinski definition) is 3. The molecule has 17 heavy (non-hydrogen) atoms. The number of nitrogens with one attached hydrogen (secondary N) is 1. The molecular weight excluding hydrogens is 210 g/mol. The molecule has 0 saturated carbocycles. The number of nitriles is 1. The first-order valence-electron chi connectivity index (χ1n) is 6.90. The summed E-state index contributed by atoms with van der Waals surface area (Å²) in [4.78, 5) is 2.51. The van der Waals surface area contributed by atoms with Crippen LogP contribution in [0.3, 0.4) is 0 Å². The zero-order chi connectivity index (χ0) is 12.9. The lowest BCUT2D eigenvalue weighted by Gasteiger charge is -2.28. The van der Waals surface area contributed by atoms with E-state index in [0.29, 0.717) is 6.04 Å². The number of hydrogen-bond donors (Lipinski definition) is 1. The van der Waals surface area contributed by atoms with Crippen molar-refractivity contribution in [3.8, 4) is 6.07 Å². The van der Waals surface area contributed by atoms with Crippen molar-refractivity contribution < 1.29 is 0 Å². The molecule has 0 aromatic rings. The van der Waals surface area contributed by atoms with E-state index in [0.717, 1.165) is 18.9 Å². The summed E-state index contributed by atoms with van der Waals surface area (Å²) < 4.78 is 0. The smallest absolute Gasteiger partial charge is 0.105 e. The lowest BCUT2D eigenvalue weighted by atomic mass is 9.98. The van der Waals surface area contributed by atoms with Crippen molar-refractivity contribution >= 4 is 0 Å². The Hall–Kier alpha value is -0.590. The van der Waals surface area contributed by atoms with Crippen LogP contribution in [0.25, 0.3) is 0 Å². The Kier molecular flexibility index (Phi) is 5.42. The quantitative estimate of drug-likeness (QED) is 0.771. The van der Waals surface area contributed by atoms with E-state index in [1.165, 1.54) is 25.9 Å². The molecule has 1 fully saturated rings. The van der Waals surface area contributed by atoms with Crippen LogP contribution in [0.2, 0.25) is 0 Å². The van der Waals surface area contributed by atoms with Gasteiger partial charge in [0.2, 0.25) is 0 Å². The van der Waals surface area contributed by atoms with Gasteiger partial charge < -0.3 is 4.90 Å². The van der Waals surface area contributed by atoms with Crippen molar-refractivity contribution in [3.63, 3.8) is 0 Å². The summed E-state index contributed by atoms with van der Waals surface area (Å²) in [6, 6.07) is 2.78. The highest BCUT2D eigenvalue weighted by Crippen LogP contribution is 2.20. The summed E-state index contributed by atoms with van der Waals surface area (Å²) in [5, 5.41) is 12.6. The molecule has 2 atom stereocenters. The molecule has 3 heteroatoms. The van der Waals surface area contributed by atoms with Crippen LogP contribution in [0, 0.1) is 17.2 Å². The van der Waals surface area contributed by atoms with Crippen molar-refractivity contribution in [3.05, 3.63) is 0 Å². The molecule has 1 rings (SSSR count). The molecule has 1 heterocycles. The summed E-state index contributed by atoms with van der Waals surface area (Å²) in [5.74, 6) is 0.876. The molecule has 0 aliphatic carbocycles. The minimum atomic E-state index is -0.377. The molecule has 1 saturated heterocycles. The third kappa shape index (κ3) is 4.65. The van der Waals surface area contributed by atoms with Crippen LogP contribution in [-0.2, 0) is 0 Å². The van der Waals surface area contributed by atoms with E-state index in [9.17, 15) is 5.26 Å². The summed E-state index contributed by atoms with van der Waals surface area (Å²) in [5.41, 5.74) is -0.377. The third-order valence-electron chi connectivity index (χ3n) is 3.73. The topological polar surface area (TPSA) is 39.1 Å². The molecule has 2 unspecified atom stereocenters. The molecule has 0 amide bonds. The standard InChI is InChI=1S/C14H27N3/c1-5-13-6-8-17(10-13)9-7-14(4,11-15)16-12(2)3/h12-13,16H,5-10H2,1-4H3. The van der Waals surface area contributed by atoms with Crippen LogP contribution >= 0.6 is 0 Å². The van der Waals surface area contributed by atoms with Gasteiger partial charge in [0, 0.05) is 19.1 Å². The molecular formula is C14H27N3. The highest BCUT2D eigenvalue weighted by atomic mass is 15.1. The highest BCUT2D eigenvalue weighted by molar-refractivity contribution is 5.04. The summed E-state index contributed by atoms with van der Waals surface area (Å²) >= 11 is 0. The Labute approximate surface area is 106 Å². The molecule has 3 nitrogen and oxygen atoms in total. The first-order valence-corrected chi connectivity index (χ1v) is 6.90. The van der Waals surface area contributed by atoms with Gasteiger partial charge in [-0.2, -0.15) is 5.26 Å². The van der Waals surface area contributed by atoms with Crippen LogP contribution in [0.5, 0.6) is 0 Å². The van der Waals surface area contributed by atoms with Gasteiger partial charge in [-0.3, -0.25) is 5.32 Å². The first kappa shape index (κ1) is 14.5. The van der Waals surface area contributed by atoms with E-state index in [1.807, 2.05) is 6.92 Å². The van der Waals surface area contributed by atoms with Crippen LogP contribution in [-0.4, -0.2) is 36.1 Å². The summed E-state index contributed by atoms with van der Waals surface area (Å²) in [6.07, 6.45) is 3.53. The number of rotatable bonds is 6. The monoisotopic (exact) mass is 237 g/mol. The second kappa shape index (κ2) is 6.37. The molecule has 0 bridgehead atoms. The summed E-state index contributed by atoms with van der Waals surface area (Å²) in [6.45, 7) is 12.0. The molecule has 0 aromatic heterocycles. The van der Waals surface area contributed by atoms with Crippen molar-refractivity contribution in [2.24, 2.45) is 5.92 Å². The fraction of sp³-hybridized carbons (Fsp3) is 0.929. The van der Waals surface area contributed by atoms with E-state index in [-0.39, 0.29) is 5.54 Å². The third-order valence-corrected chi connectivity index (χ3v) is 3.73. The fourth-order valence-corrected chi connectivity index (χ4v) is 2.63. The van der Waals surface area contributed by atoms with Crippen molar-refractivity contribution in [2.75, 3.05) is 19.6 Å². The van der Waals surface area contributed by atoms with Gasteiger partial charge in [-0.25, -0.2) is 0 Å². The summed E-state index contributed by atoms with van der Waals surface area (Å²) in [7, 11) is 0. The maximum absolute atomic E-state index is 9.28. The normalized spacial score (nSPS) is 24.8. The van der Waals surface area contributed by atoms with Gasteiger partial charge in [-0.1, -0.05) is 13.3 Å². The molecule has 1 aliphatic heterocycles. The lowest BCUT2D eigenvalue weighted by molar-refractivity contribution is 0.273. The van der Waals surface area contributed by atoms with Crippen LogP contribution in [0.4, 0.5) is 0 Å². The van der Waals surface area contributed by atoms with Crippen molar-refractivity contribution in [1.82, 2.24) is 10.2 Å². The maximum atomic E-state index is 9.28. The highest BCUT2D eigenvalue weighted by Gasteiger charge is 2.27. The Balaban J connectivity index is 2.36. The zero-order valence-electron chi connectivity index (χ0n) is 11.8. The van der Waals surface area contributed by atoms with Gasteiger partial charge in [0.25, 0.3) is 0 Å². The van der Waals surface area contributed by atoms with Crippen LogP contribution in [0.1, 0.15) is 47.0 Å². The van der Waals surface area contributed by atoms with Crippen LogP contribution < -0.4 is 5.32 Å². The van der Waals surface area contributed by atoms with E-state index in [1.54, 1.807) is 0 Å². The number of likely N-dealkylation sites (tertiary alicyclic amines) is 1. The average molecular weight is 237 g/mol. The van der Waals surface area contributed by atoms with Gasteiger partial charge in [0.15, 0.2) is 0 Å². The van der Waals surface area contributed by atoms with Crippen LogP contribution in [0.15, 0.2) is 0 Å². The molecule has 1 N–H and O–H groups in total. The Morgan fingerprint density at radius 3 is 2.71 bits per heavy atom. The van der Waals surface area contributed by atoms with E-state index >= 15 is 0 Å². The predicted octanol–water partition coefficient (Wildman–Crippen LogP) is 2.39. The largest absolute Gasteiger partial charge is 0.303 e. The van der Waals surface area contributed by atoms with E-state index < -0.39 is 0 Å². The van der Waals surface area contributed by atoms with E-state index in [4.69, 9.17) is 0 Å². The fourth-order valence-electron chi connectivity index (χ4n) is 2.63. The predicted molar refractivity (Wildman–Crippen MR) is 71.7 cm³/mol. The molecule has 1 aliphatic rings. The zero-order valence-corrected chi connectivity index (χ0v) is 11.8. The average Bonchev–Trinajstić information content (AvgIpc) is 2.73. The molecule has 0 aromatic carbocycles. The Bertz CT molecular complexity index is 269. The maximum Gasteiger partial charge on any atom is 0.105 e. The van der Waals surface area contributed by atoms with Gasteiger partial charge in [-0.05, 0) is 46.1 Å². The second-order valence-corrected chi connectivity index (χ2v) is 5.86. The van der Waals surface area contributed by atoms with E-state index in [2.05, 4.69) is 37.1 Å². The van der Waals surface area contributed by atoms with Crippen molar-refractivity contribution in [1.29, 1.82) is 5.26 Å². The lowest BCUT2D eigenvalue weighted by Crippen LogP contribution is -2.47. The first-order chi connectivity index (χ1) is 7.99. The minimum Gasteiger partial charge on any atom is -0.303 e. The SMILES string of the molecule is CCC1CCN(CCC(C)(C#N)NC(C)C)C1. The number of nitrogens with zero attached hydrogens (tertiary/aromatic N) is 2. The van der Waals surface area contributed by atoms with Gasteiger partial charge in [-0.15, -0.1) is 0 Å².